The van der Waals surface area contributed by atoms with Gasteiger partial charge in [-0.15, -0.1) is 0 Å². The van der Waals surface area contributed by atoms with E-state index in [2.05, 4.69) is 10.4 Å². The highest BCUT2D eigenvalue weighted by atomic mass is 19.4. The van der Waals surface area contributed by atoms with Gasteiger partial charge in [-0.25, -0.2) is 9.18 Å². The van der Waals surface area contributed by atoms with Gasteiger partial charge < -0.3 is 14.8 Å². The fourth-order valence-electron chi connectivity index (χ4n) is 4.78. The average molecular weight is 497 g/mol. The van der Waals surface area contributed by atoms with Crippen LogP contribution >= 0.6 is 0 Å². The molecule has 0 unspecified atom stereocenters. The van der Waals surface area contributed by atoms with E-state index in [9.17, 15) is 27.2 Å². The Morgan fingerprint density at radius 2 is 2.03 bits per heavy atom. The van der Waals surface area contributed by atoms with Gasteiger partial charge in [0.15, 0.2) is 0 Å². The van der Waals surface area contributed by atoms with Crippen LogP contribution in [0.3, 0.4) is 0 Å². The number of nitrogens with zero attached hydrogens (tertiary/aromatic N) is 2. The Morgan fingerprint density at radius 1 is 1.29 bits per heavy atom. The highest BCUT2D eigenvalue weighted by Crippen LogP contribution is 2.38. The summed E-state index contributed by atoms with van der Waals surface area (Å²) in [6, 6.07) is 1.84. The van der Waals surface area contributed by atoms with E-state index in [1.54, 1.807) is 4.68 Å². The topological polar surface area (TPSA) is 82.5 Å². The van der Waals surface area contributed by atoms with Crippen molar-refractivity contribution in [2.24, 2.45) is 5.41 Å². The number of aromatic nitrogens is 2. The Labute approximate surface area is 199 Å². The number of rotatable bonds is 6. The third-order valence-electron chi connectivity index (χ3n) is 6.68. The number of halogens is 4. The van der Waals surface area contributed by atoms with E-state index >= 15 is 0 Å². The van der Waals surface area contributed by atoms with E-state index in [1.807, 2.05) is 6.92 Å². The Hall–Kier alpha value is -2.95. The van der Waals surface area contributed by atoms with Crippen molar-refractivity contribution in [2.45, 2.75) is 51.7 Å². The first-order valence-electron chi connectivity index (χ1n) is 11.6. The van der Waals surface area contributed by atoms with Crippen molar-refractivity contribution in [1.29, 1.82) is 0 Å². The number of esters is 1. The standard InChI is InChI=1S/C24H27F4N3O4/c1-2-31-20-17(13-23(14-29-21(20)32)7-10-34-11-8-23)19(30-31)4-3-9-35-22(33)16-6-5-15(25)12-18(16)24(26,27)28/h5-6,12H,2-4,7-11,13-14H2,1H3,(H,29,32). The monoisotopic (exact) mass is 497 g/mol. The van der Waals surface area contributed by atoms with E-state index in [-0.39, 0.29) is 24.0 Å². The molecule has 0 atom stereocenters. The molecule has 7 nitrogen and oxygen atoms in total. The lowest BCUT2D eigenvalue weighted by atomic mass is 9.75. The van der Waals surface area contributed by atoms with Crippen LogP contribution in [0.2, 0.25) is 0 Å². The molecule has 1 aromatic carbocycles. The summed E-state index contributed by atoms with van der Waals surface area (Å²) >= 11 is 0. The van der Waals surface area contributed by atoms with E-state index in [1.165, 1.54) is 0 Å². The molecule has 2 aliphatic heterocycles. The van der Waals surface area contributed by atoms with Crippen molar-refractivity contribution < 1.29 is 36.6 Å². The van der Waals surface area contributed by atoms with Crippen molar-refractivity contribution >= 4 is 11.9 Å². The summed E-state index contributed by atoms with van der Waals surface area (Å²) in [5.74, 6) is -2.44. The van der Waals surface area contributed by atoms with Gasteiger partial charge in [-0.3, -0.25) is 9.48 Å². The van der Waals surface area contributed by atoms with Gasteiger partial charge in [0, 0.05) is 31.9 Å². The van der Waals surface area contributed by atoms with Crippen molar-refractivity contribution in [3.63, 3.8) is 0 Å². The summed E-state index contributed by atoms with van der Waals surface area (Å²) in [4.78, 5) is 25.1. The van der Waals surface area contributed by atoms with Crippen LogP contribution in [0.1, 0.15) is 63.9 Å². The lowest BCUT2D eigenvalue weighted by Gasteiger charge is -2.36. The van der Waals surface area contributed by atoms with Crippen LogP contribution in [-0.2, 0) is 35.0 Å². The number of fused-ring (bicyclic) bond motifs is 1. The van der Waals surface area contributed by atoms with Crippen LogP contribution in [0.4, 0.5) is 17.6 Å². The molecule has 1 amide bonds. The van der Waals surface area contributed by atoms with Crippen LogP contribution in [0, 0.1) is 11.2 Å². The second-order valence-electron chi connectivity index (χ2n) is 8.99. The Bertz CT molecular complexity index is 1110. The molecule has 1 saturated heterocycles. The van der Waals surface area contributed by atoms with Gasteiger partial charge in [0.25, 0.3) is 5.91 Å². The van der Waals surface area contributed by atoms with Crippen molar-refractivity contribution in [1.82, 2.24) is 15.1 Å². The number of carbonyl (C=O) groups excluding carboxylic acids is 2. The number of nitrogens with one attached hydrogen (secondary N) is 1. The smallest absolute Gasteiger partial charge is 0.417 e. The molecule has 1 spiro atoms. The number of carbonyl (C=O) groups is 2. The van der Waals surface area contributed by atoms with Gasteiger partial charge in [-0.1, -0.05) is 0 Å². The predicted molar refractivity (Wildman–Crippen MR) is 116 cm³/mol. The van der Waals surface area contributed by atoms with Crippen molar-refractivity contribution in [3.8, 4) is 0 Å². The van der Waals surface area contributed by atoms with Crippen LogP contribution in [0.15, 0.2) is 18.2 Å². The van der Waals surface area contributed by atoms with Gasteiger partial charge in [-0.05, 0) is 62.6 Å². The molecule has 3 heterocycles. The largest absolute Gasteiger partial charge is 0.462 e. The SMILES string of the molecule is CCn1nc(CCCOC(=O)c2ccc(F)cc2C(F)(F)F)c2c1C(=O)NCC1(CCOCC1)C2. The summed E-state index contributed by atoms with van der Waals surface area (Å²) in [5, 5.41) is 7.63. The molecule has 2 aliphatic rings. The molecule has 1 aromatic heterocycles. The minimum absolute atomic E-state index is 0.113. The minimum Gasteiger partial charge on any atom is -0.462 e. The first-order valence-corrected chi connectivity index (χ1v) is 11.6. The quantitative estimate of drug-likeness (QED) is 0.372. The summed E-state index contributed by atoms with van der Waals surface area (Å²) in [6.07, 6.45) is -1.89. The number of benzene rings is 1. The summed E-state index contributed by atoms with van der Waals surface area (Å²) in [7, 11) is 0. The fourth-order valence-corrected chi connectivity index (χ4v) is 4.78. The first-order chi connectivity index (χ1) is 16.6. The van der Waals surface area contributed by atoms with Crippen molar-refractivity contribution in [3.05, 3.63) is 52.1 Å². The molecule has 0 bridgehead atoms. The number of aryl methyl sites for hydroxylation is 2. The number of alkyl halides is 3. The zero-order valence-corrected chi connectivity index (χ0v) is 19.3. The molecule has 190 valence electrons. The normalized spacial score (nSPS) is 17.6. The summed E-state index contributed by atoms with van der Waals surface area (Å²) in [5.41, 5.74) is -0.0996. The fraction of sp³-hybridized carbons (Fsp3) is 0.542. The lowest BCUT2D eigenvalue weighted by Crippen LogP contribution is -2.40. The molecule has 0 saturated carbocycles. The Kier molecular flexibility index (Phi) is 7.16. The molecule has 1 fully saturated rings. The van der Waals surface area contributed by atoms with Gasteiger partial charge in [0.05, 0.1) is 23.4 Å². The second-order valence-corrected chi connectivity index (χ2v) is 8.99. The minimum atomic E-state index is -4.89. The van der Waals surface area contributed by atoms with Crippen LogP contribution in [-0.4, -0.2) is 48.0 Å². The van der Waals surface area contributed by atoms with Gasteiger partial charge in [-0.2, -0.15) is 18.3 Å². The maximum atomic E-state index is 13.3. The zero-order valence-electron chi connectivity index (χ0n) is 19.3. The third-order valence-corrected chi connectivity index (χ3v) is 6.68. The van der Waals surface area contributed by atoms with E-state index < -0.39 is 29.1 Å². The van der Waals surface area contributed by atoms with Crippen LogP contribution < -0.4 is 5.32 Å². The highest BCUT2D eigenvalue weighted by Gasteiger charge is 2.40. The molecule has 2 aromatic rings. The molecule has 35 heavy (non-hydrogen) atoms. The number of ether oxygens (including phenoxy) is 2. The number of amides is 1. The van der Waals surface area contributed by atoms with Gasteiger partial charge in [0.2, 0.25) is 0 Å². The maximum Gasteiger partial charge on any atom is 0.417 e. The van der Waals surface area contributed by atoms with E-state index in [4.69, 9.17) is 9.47 Å². The number of hydrogen-bond donors (Lipinski definition) is 1. The predicted octanol–water partition coefficient (Wildman–Crippen LogP) is 3.93. The van der Waals surface area contributed by atoms with E-state index in [0.29, 0.717) is 51.3 Å². The van der Waals surface area contributed by atoms with Crippen molar-refractivity contribution in [2.75, 3.05) is 26.4 Å². The average Bonchev–Trinajstić information content (AvgIpc) is 3.10. The molecular formula is C24H27F4N3O4. The Balaban J connectivity index is 1.46. The Morgan fingerprint density at radius 3 is 2.71 bits per heavy atom. The second kappa shape index (κ2) is 9.96. The molecule has 4 rings (SSSR count). The summed E-state index contributed by atoms with van der Waals surface area (Å²) < 4.78 is 65.1. The molecule has 1 N–H and O–H groups in total. The van der Waals surface area contributed by atoms with Crippen LogP contribution in [0.25, 0.3) is 0 Å². The lowest BCUT2D eigenvalue weighted by molar-refractivity contribution is -0.138. The zero-order chi connectivity index (χ0) is 25.2. The highest BCUT2D eigenvalue weighted by molar-refractivity contribution is 5.95. The third kappa shape index (κ3) is 5.34. The van der Waals surface area contributed by atoms with E-state index in [0.717, 1.165) is 36.2 Å². The van der Waals surface area contributed by atoms with Gasteiger partial charge >= 0.3 is 12.1 Å². The number of hydrogen-bond acceptors (Lipinski definition) is 5. The first kappa shape index (κ1) is 25.2. The molecular weight excluding hydrogens is 470 g/mol. The maximum absolute atomic E-state index is 13.3. The molecule has 0 aliphatic carbocycles. The molecule has 11 heteroatoms. The molecule has 0 radical (unpaired) electrons. The summed E-state index contributed by atoms with van der Waals surface area (Å²) in [6.45, 7) is 4.06. The van der Waals surface area contributed by atoms with Crippen LogP contribution in [0.5, 0.6) is 0 Å². The van der Waals surface area contributed by atoms with Gasteiger partial charge in [0.1, 0.15) is 11.5 Å².